The molecule has 0 saturated carbocycles. The van der Waals surface area contributed by atoms with Crippen LogP contribution < -0.4 is 37.7 Å². The zero-order valence-corrected chi connectivity index (χ0v) is 21.5. The van der Waals surface area contributed by atoms with E-state index in [0.29, 0.717) is 16.7 Å². The lowest BCUT2D eigenvalue weighted by Gasteiger charge is -2.40. The minimum Gasteiger partial charge on any atom is -0.446 e. The number of carbonyl (C=O) groups is 3. The summed E-state index contributed by atoms with van der Waals surface area (Å²) in [6.45, 7) is 0.348. The molecule has 5 rings (SSSR count). The van der Waals surface area contributed by atoms with Crippen molar-refractivity contribution >= 4 is 29.7 Å². The molecule has 0 bridgehead atoms. The van der Waals surface area contributed by atoms with Crippen LogP contribution in [0.4, 0.5) is 4.79 Å². The third kappa shape index (κ3) is 4.78. The first-order valence-electron chi connectivity index (χ1n) is 12.8. The van der Waals surface area contributed by atoms with Gasteiger partial charge in [0.25, 0.3) is 11.6 Å². The van der Waals surface area contributed by atoms with Crippen molar-refractivity contribution in [2.45, 2.75) is 30.0 Å². The van der Waals surface area contributed by atoms with Gasteiger partial charge in [-0.15, -0.1) is 0 Å². The van der Waals surface area contributed by atoms with E-state index < -0.39 is 29.6 Å². The van der Waals surface area contributed by atoms with Gasteiger partial charge in [0.05, 0.1) is 6.54 Å². The molecule has 1 fully saturated rings. The van der Waals surface area contributed by atoms with Gasteiger partial charge in [-0.25, -0.2) is 14.7 Å². The average Bonchev–Trinajstić information content (AvgIpc) is 3.45. The minimum absolute atomic E-state index is 0.0313. The van der Waals surface area contributed by atoms with E-state index in [1.807, 2.05) is 6.07 Å². The lowest BCUT2D eigenvalue weighted by Crippen LogP contribution is -2.91. The number of nitrogens with two attached hydrogens (primary N) is 2. The molecule has 3 aliphatic rings. The van der Waals surface area contributed by atoms with Crippen LogP contribution in [-0.2, 0) is 4.74 Å². The van der Waals surface area contributed by atoms with E-state index in [4.69, 9.17) is 16.2 Å². The summed E-state index contributed by atoms with van der Waals surface area (Å²) in [5.74, 6) is -2.30. The van der Waals surface area contributed by atoms with Crippen molar-refractivity contribution in [3.05, 3.63) is 71.3 Å². The fourth-order valence-electron chi connectivity index (χ4n) is 5.41. The summed E-state index contributed by atoms with van der Waals surface area (Å²) in [7, 11) is 0. The second-order valence-electron chi connectivity index (χ2n) is 9.84. The van der Waals surface area contributed by atoms with Crippen LogP contribution in [0.1, 0.15) is 32.7 Å². The highest BCUT2D eigenvalue weighted by atomic mass is 16.5. The highest BCUT2D eigenvalue weighted by Crippen LogP contribution is 2.36. The second-order valence-corrected chi connectivity index (χ2v) is 9.84. The van der Waals surface area contributed by atoms with Crippen molar-refractivity contribution in [3.8, 4) is 0 Å². The van der Waals surface area contributed by atoms with E-state index in [-0.39, 0.29) is 56.3 Å². The molecular formula is C26H32N8O6+2. The Labute approximate surface area is 229 Å². The molecule has 1 spiro atoms. The van der Waals surface area contributed by atoms with Crippen LogP contribution in [0.5, 0.6) is 0 Å². The van der Waals surface area contributed by atoms with Gasteiger partial charge in [0.2, 0.25) is 5.79 Å². The molecule has 0 aliphatic carbocycles. The van der Waals surface area contributed by atoms with Crippen LogP contribution in [-0.4, -0.2) is 94.3 Å². The summed E-state index contributed by atoms with van der Waals surface area (Å²) < 4.78 is 6.92. The molecule has 0 radical (unpaired) electrons. The molecule has 11 N–H and O–H groups in total. The SMILES string of the molecule is NC1=[NH+]C2[C@H](COC(=O)NCCNC(=O)c3ccc(C(=O)c4ccccc4)cc3)NC(N)=[N+]3CCC(O)(O)C23N1. The zero-order chi connectivity index (χ0) is 28.5. The van der Waals surface area contributed by atoms with Gasteiger partial charge in [0.1, 0.15) is 12.6 Å². The van der Waals surface area contributed by atoms with Gasteiger partial charge in [-0.05, 0) is 12.1 Å². The standard InChI is InChI=1S/C26H30N8O6/c27-22-32-20-18(31-23(28)34-13-10-25(38,39)26(20,34)33-22)14-40-24(37)30-12-11-29-21(36)17-8-6-16(7-9-17)19(35)15-4-2-1-3-5-15/h1-9,18,20,38-39H,10-14H2,(H7,27,28,29,30,31,32,33,36,37)/p+2/t18-,20?,26?/m0/s1. The summed E-state index contributed by atoms with van der Waals surface area (Å²) in [5.41, 5.74) is 12.0. The molecule has 2 amide bonds. The Balaban J connectivity index is 1.08. The third-order valence-corrected chi connectivity index (χ3v) is 7.35. The number of carbonyl (C=O) groups excluding carboxylic acids is 3. The topological polar surface area (TPSA) is 218 Å². The van der Waals surface area contributed by atoms with Crippen molar-refractivity contribution < 1.29 is 38.9 Å². The van der Waals surface area contributed by atoms with Gasteiger partial charge >= 0.3 is 18.0 Å². The number of ether oxygens (including phenoxy) is 1. The van der Waals surface area contributed by atoms with Crippen LogP contribution >= 0.6 is 0 Å². The molecule has 14 heteroatoms. The first-order valence-corrected chi connectivity index (χ1v) is 12.8. The summed E-state index contributed by atoms with van der Waals surface area (Å²) >= 11 is 0. The fourth-order valence-corrected chi connectivity index (χ4v) is 5.41. The number of benzene rings is 2. The maximum atomic E-state index is 12.5. The number of nitrogens with one attached hydrogen (secondary N) is 5. The van der Waals surface area contributed by atoms with Crippen LogP contribution in [0.2, 0.25) is 0 Å². The lowest BCUT2D eigenvalue weighted by molar-refractivity contribution is -0.674. The molecule has 2 unspecified atom stereocenters. The number of amides is 2. The zero-order valence-electron chi connectivity index (χ0n) is 21.5. The quantitative estimate of drug-likeness (QED) is 0.0666. The number of hydrogen-bond donors (Lipinski definition) is 9. The summed E-state index contributed by atoms with van der Waals surface area (Å²) in [6.07, 6.45) is -0.702. The van der Waals surface area contributed by atoms with Crippen molar-refractivity contribution in [2.24, 2.45) is 11.5 Å². The van der Waals surface area contributed by atoms with E-state index in [2.05, 4.69) is 26.3 Å². The van der Waals surface area contributed by atoms with Gasteiger partial charge in [0.15, 0.2) is 11.8 Å². The van der Waals surface area contributed by atoms with Crippen LogP contribution in [0.25, 0.3) is 0 Å². The van der Waals surface area contributed by atoms with E-state index >= 15 is 0 Å². The first-order chi connectivity index (χ1) is 19.1. The third-order valence-electron chi connectivity index (χ3n) is 7.35. The van der Waals surface area contributed by atoms with Gasteiger partial charge in [-0.3, -0.25) is 31.4 Å². The number of hydrogen-bond acceptors (Lipinski definition) is 10. The number of aliphatic hydroxyl groups is 2. The predicted octanol–water partition coefficient (Wildman–Crippen LogP) is -4.18. The Morgan fingerprint density at radius 3 is 2.38 bits per heavy atom. The van der Waals surface area contributed by atoms with Crippen LogP contribution in [0.3, 0.4) is 0 Å². The van der Waals surface area contributed by atoms with Gasteiger partial charge in [-0.1, -0.05) is 42.5 Å². The number of guanidine groups is 2. The Hall–Kier alpha value is -4.69. The number of rotatable bonds is 8. The smallest absolute Gasteiger partial charge is 0.407 e. The second kappa shape index (κ2) is 10.5. The van der Waals surface area contributed by atoms with Crippen molar-refractivity contribution in [2.75, 3.05) is 26.2 Å². The molecule has 1 saturated heterocycles. The molecular weight excluding hydrogens is 520 g/mol. The van der Waals surface area contributed by atoms with Crippen molar-refractivity contribution in [1.29, 1.82) is 0 Å². The van der Waals surface area contributed by atoms with E-state index in [1.165, 1.54) is 0 Å². The predicted molar refractivity (Wildman–Crippen MR) is 141 cm³/mol. The number of nitrogens with zero attached hydrogens (tertiary/aromatic N) is 1. The van der Waals surface area contributed by atoms with Gasteiger partial charge in [-0.2, -0.15) is 0 Å². The van der Waals surface area contributed by atoms with Gasteiger partial charge in [0, 0.05) is 36.2 Å². The Morgan fingerprint density at radius 2 is 1.65 bits per heavy atom. The first kappa shape index (κ1) is 26.9. The fraction of sp³-hybridized carbons (Fsp3) is 0.346. The Morgan fingerprint density at radius 1 is 1.00 bits per heavy atom. The maximum absolute atomic E-state index is 12.5. The van der Waals surface area contributed by atoms with E-state index in [1.54, 1.807) is 53.1 Å². The molecule has 3 atom stereocenters. The largest absolute Gasteiger partial charge is 0.446 e. The van der Waals surface area contributed by atoms with Crippen molar-refractivity contribution in [1.82, 2.24) is 21.3 Å². The summed E-state index contributed by atoms with van der Waals surface area (Å²) in [4.78, 5) is 40.2. The van der Waals surface area contributed by atoms with Crippen LogP contribution in [0, 0.1) is 0 Å². The Kier molecular flexibility index (Phi) is 7.04. The van der Waals surface area contributed by atoms with Gasteiger partial charge < -0.3 is 25.6 Å². The number of ketones is 1. The van der Waals surface area contributed by atoms with E-state index in [9.17, 15) is 24.6 Å². The molecule has 2 aromatic rings. The maximum Gasteiger partial charge on any atom is 0.407 e. The molecule has 2 aromatic carbocycles. The minimum atomic E-state index is -2.14. The molecule has 3 heterocycles. The highest BCUT2D eigenvalue weighted by Gasteiger charge is 2.74. The molecule has 3 aliphatic heterocycles. The van der Waals surface area contributed by atoms with E-state index in [0.717, 1.165) is 0 Å². The highest BCUT2D eigenvalue weighted by molar-refractivity contribution is 6.09. The molecule has 0 aromatic heterocycles. The normalized spacial score (nSPS) is 24.1. The molecule has 40 heavy (non-hydrogen) atoms. The van der Waals surface area contributed by atoms with Crippen molar-refractivity contribution in [3.63, 3.8) is 0 Å². The van der Waals surface area contributed by atoms with Crippen LogP contribution in [0.15, 0.2) is 54.6 Å². The average molecular weight is 553 g/mol. The molecule has 14 nitrogen and oxygen atoms in total. The summed E-state index contributed by atoms with van der Waals surface area (Å²) in [5, 5.41) is 32.6. The Bertz CT molecular complexity index is 1380. The monoisotopic (exact) mass is 552 g/mol. The lowest BCUT2D eigenvalue weighted by atomic mass is 9.87. The summed E-state index contributed by atoms with van der Waals surface area (Å²) in [6, 6.07) is 13.9. The number of alkyl carbamates (subject to hydrolysis) is 1. The molecule has 210 valence electrons.